The van der Waals surface area contributed by atoms with E-state index in [0.717, 1.165) is 38.7 Å². The van der Waals surface area contributed by atoms with Gasteiger partial charge in [-0.15, -0.1) is 11.3 Å². The van der Waals surface area contributed by atoms with Gasteiger partial charge in [-0.05, 0) is 37.1 Å². The minimum absolute atomic E-state index is 0.0104. The summed E-state index contributed by atoms with van der Waals surface area (Å²) in [6.45, 7) is 4.93. The molecule has 27 heavy (non-hydrogen) atoms. The average Bonchev–Trinajstić information content (AvgIpc) is 3.22. The van der Waals surface area contributed by atoms with E-state index in [9.17, 15) is 4.79 Å². The van der Waals surface area contributed by atoms with Gasteiger partial charge in [0, 0.05) is 17.8 Å². The van der Waals surface area contributed by atoms with Crippen molar-refractivity contribution in [2.45, 2.75) is 33.2 Å². The Labute approximate surface area is 160 Å². The molecule has 0 amide bonds. The van der Waals surface area contributed by atoms with Crippen molar-refractivity contribution < 1.29 is 19.4 Å². The molecular formula is C19H19N3O4S. The Hall–Kier alpha value is -2.87. The lowest BCUT2D eigenvalue weighted by atomic mass is 10.1. The van der Waals surface area contributed by atoms with Crippen LogP contribution in [0.4, 0.5) is 5.82 Å². The van der Waals surface area contributed by atoms with Crippen molar-refractivity contribution in [1.82, 2.24) is 9.97 Å². The maximum atomic E-state index is 10.9. The molecule has 1 aliphatic heterocycles. The summed E-state index contributed by atoms with van der Waals surface area (Å²) >= 11 is 1.60. The molecule has 1 aromatic carbocycles. The quantitative estimate of drug-likeness (QED) is 0.669. The number of thiophene rings is 1. The number of carboxylic acid groups (broad SMARTS) is 1. The summed E-state index contributed by atoms with van der Waals surface area (Å²) in [4.78, 5) is 22.1. The van der Waals surface area contributed by atoms with E-state index in [1.54, 1.807) is 11.3 Å². The van der Waals surface area contributed by atoms with Crippen LogP contribution in [0.25, 0.3) is 10.2 Å². The molecule has 0 atom stereocenters. The molecule has 0 spiro atoms. The fourth-order valence-electron chi connectivity index (χ4n) is 2.99. The first kappa shape index (κ1) is 17.5. The van der Waals surface area contributed by atoms with Gasteiger partial charge in [0.15, 0.2) is 11.5 Å². The van der Waals surface area contributed by atoms with E-state index in [4.69, 9.17) is 14.6 Å². The van der Waals surface area contributed by atoms with E-state index < -0.39 is 5.97 Å². The van der Waals surface area contributed by atoms with Gasteiger partial charge in [0.05, 0.1) is 11.8 Å². The van der Waals surface area contributed by atoms with Crippen LogP contribution in [0.3, 0.4) is 0 Å². The van der Waals surface area contributed by atoms with E-state index in [2.05, 4.69) is 29.1 Å². The van der Waals surface area contributed by atoms with Gasteiger partial charge in [0.25, 0.3) is 0 Å². The predicted molar refractivity (Wildman–Crippen MR) is 103 cm³/mol. The van der Waals surface area contributed by atoms with Crippen LogP contribution >= 0.6 is 11.3 Å². The van der Waals surface area contributed by atoms with E-state index in [-0.39, 0.29) is 13.2 Å². The molecule has 4 rings (SSSR count). The second-order valence-electron chi connectivity index (χ2n) is 6.39. The van der Waals surface area contributed by atoms with Crippen molar-refractivity contribution >= 4 is 33.3 Å². The van der Waals surface area contributed by atoms with Crippen molar-refractivity contribution in [1.29, 1.82) is 0 Å². The van der Waals surface area contributed by atoms with E-state index in [1.807, 2.05) is 18.2 Å². The Bertz CT molecular complexity index is 1030. The first-order valence-electron chi connectivity index (χ1n) is 8.62. The van der Waals surface area contributed by atoms with Crippen molar-refractivity contribution in [2.75, 3.05) is 12.1 Å². The number of aryl methyl sites for hydroxylation is 3. The first-order valence-corrected chi connectivity index (χ1v) is 9.43. The van der Waals surface area contributed by atoms with Gasteiger partial charge in [-0.3, -0.25) is 4.79 Å². The average molecular weight is 385 g/mol. The number of hydrogen-bond acceptors (Lipinski definition) is 7. The van der Waals surface area contributed by atoms with Gasteiger partial charge >= 0.3 is 5.97 Å². The third-order valence-electron chi connectivity index (χ3n) is 4.53. The Morgan fingerprint density at radius 3 is 2.89 bits per heavy atom. The van der Waals surface area contributed by atoms with Crippen LogP contribution < -0.4 is 14.8 Å². The van der Waals surface area contributed by atoms with Gasteiger partial charge in [0.2, 0.25) is 6.79 Å². The predicted octanol–water partition coefficient (Wildman–Crippen LogP) is 3.67. The lowest BCUT2D eigenvalue weighted by Gasteiger charge is -2.10. The lowest BCUT2D eigenvalue weighted by molar-refractivity contribution is -0.137. The van der Waals surface area contributed by atoms with E-state index in [1.165, 1.54) is 4.88 Å². The number of carbonyl (C=O) groups is 1. The maximum Gasteiger partial charge on any atom is 0.303 e. The summed E-state index contributed by atoms with van der Waals surface area (Å²) in [6.07, 6.45) is 0.316. The summed E-state index contributed by atoms with van der Waals surface area (Å²) in [5.41, 5.74) is 2.19. The summed E-state index contributed by atoms with van der Waals surface area (Å²) in [5, 5.41) is 13.3. The third-order valence-corrected chi connectivity index (χ3v) is 5.64. The molecule has 0 radical (unpaired) electrons. The number of carboxylic acids is 1. The summed E-state index contributed by atoms with van der Waals surface area (Å²) in [7, 11) is 0. The number of rotatable bonds is 6. The van der Waals surface area contributed by atoms with Gasteiger partial charge in [-0.2, -0.15) is 0 Å². The van der Waals surface area contributed by atoms with Crippen molar-refractivity contribution in [3.63, 3.8) is 0 Å². The smallest absolute Gasteiger partial charge is 0.303 e. The van der Waals surface area contributed by atoms with E-state index >= 15 is 0 Å². The molecule has 0 saturated heterocycles. The minimum Gasteiger partial charge on any atom is -0.481 e. The molecule has 3 aromatic rings. The molecule has 3 heterocycles. The molecule has 0 bridgehead atoms. The fourth-order valence-corrected chi connectivity index (χ4v) is 4.04. The summed E-state index contributed by atoms with van der Waals surface area (Å²) < 4.78 is 10.8. The number of ether oxygens (including phenoxy) is 2. The van der Waals surface area contributed by atoms with Gasteiger partial charge in [0.1, 0.15) is 16.5 Å². The van der Waals surface area contributed by atoms with Crippen LogP contribution in [0, 0.1) is 13.8 Å². The number of nitrogens with zero attached hydrogens (tertiary/aromatic N) is 2. The Balaban J connectivity index is 1.63. The highest BCUT2D eigenvalue weighted by Crippen LogP contribution is 2.35. The molecule has 0 fully saturated rings. The Kier molecular flexibility index (Phi) is 4.57. The molecule has 2 N–H and O–H groups in total. The zero-order chi connectivity index (χ0) is 19.0. The number of nitrogens with one attached hydrogen (secondary N) is 1. The first-order chi connectivity index (χ1) is 13.0. The third kappa shape index (κ3) is 3.52. The normalized spacial score (nSPS) is 12.5. The van der Waals surface area contributed by atoms with Gasteiger partial charge < -0.3 is 19.9 Å². The number of aliphatic carboxylic acids is 1. The summed E-state index contributed by atoms with van der Waals surface area (Å²) in [5.74, 6) is 1.92. The molecule has 7 nitrogen and oxygen atoms in total. The highest BCUT2D eigenvalue weighted by atomic mass is 32.1. The van der Waals surface area contributed by atoms with Gasteiger partial charge in [-0.1, -0.05) is 6.07 Å². The monoisotopic (exact) mass is 385 g/mol. The Morgan fingerprint density at radius 2 is 2.07 bits per heavy atom. The summed E-state index contributed by atoms with van der Waals surface area (Å²) in [6, 6.07) is 5.83. The van der Waals surface area contributed by atoms with E-state index in [0.29, 0.717) is 18.8 Å². The van der Waals surface area contributed by atoms with Gasteiger partial charge in [-0.25, -0.2) is 9.97 Å². The number of aromatic nitrogens is 2. The SMILES string of the molecule is Cc1sc2nc(CCC(=O)O)nc(NCc3ccc4c(c3)OCO4)c2c1C. The van der Waals surface area contributed by atoms with Crippen LogP contribution in [0.1, 0.15) is 28.2 Å². The topological polar surface area (TPSA) is 93.6 Å². The highest BCUT2D eigenvalue weighted by Gasteiger charge is 2.16. The molecule has 2 aromatic heterocycles. The standard InChI is InChI=1S/C19H19N3O4S/c1-10-11(2)27-19-17(10)18(21-15(22-19)5-6-16(23)24)20-8-12-3-4-13-14(7-12)26-9-25-13/h3-4,7H,5-6,8-9H2,1-2H3,(H,23,24)(H,20,21,22). The largest absolute Gasteiger partial charge is 0.481 e. The molecule has 140 valence electrons. The fraction of sp³-hybridized carbons (Fsp3) is 0.316. The molecule has 0 aliphatic carbocycles. The zero-order valence-electron chi connectivity index (χ0n) is 15.0. The van der Waals surface area contributed by atoms with Crippen LogP contribution in [0.5, 0.6) is 11.5 Å². The number of anilines is 1. The van der Waals surface area contributed by atoms with Crippen LogP contribution in [-0.2, 0) is 17.8 Å². The van der Waals surface area contributed by atoms with Crippen molar-refractivity contribution in [3.05, 3.63) is 40.0 Å². The number of hydrogen-bond donors (Lipinski definition) is 2. The van der Waals surface area contributed by atoms with Crippen LogP contribution in [0.2, 0.25) is 0 Å². The maximum absolute atomic E-state index is 10.9. The second kappa shape index (κ2) is 7.03. The van der Waals surface area contributed by atoms with Crippen LogP contribution in [0.15, 0.2) is 18.2 Å². The van der Waals surface area contributed by atoms with Crippen molar-refractivity contribution in [2.24, 2.45) is 0 Å². The van der Waals surface area contributed by atoms with Crippen LogP contribution in [-0.4, -0.2) is 27.8 Å². The van der Waals surface area contributed by atoms with Crippen molar-refractivity contribution in [3.8, 4) is 11.5 Å². The number of fused-ring (bicyclic) bond motifs is 2. The molecule has 0 unspecified atom stereocenters. The molecular weight excluding hydrogens is 366 g/mol. The zero-order valence-corrected chi connectivity index (χ0v) is 15.9. The lowest BCUT2D eigenvalue weighted by Crippen LogP contribution is -2.07. The Morgan fingerprint density at radius 1 is 1.26 bits per heavy atom. The number of benzene rings is 1. The molecule has 1 aliphatic rings. The molecule has 0 saturated carbocycles. The highest BCUT2D eigenvalue weighted by molar-refractivity contribution is 7.18. The minimum atomic E-state index is -0.855. The molecule has 8 heteroatoms. The second-order valence-corrected chi connectivity index (χ2v) is 7.59.